The highest BCUT2D eigenvalue weighted by Gasteiger charge is 2.27. The van der Waals surface area contributed by atoms with Gasteiger partial charge in [0.2, 0.25) is 0 Å². The van der Waals surface area contributed by atoms with Gasteiger partial charge in [-0.1, -0.05) is 23.7 Å². The molecule has 1 aromatic carbocycles. The Kier molecular flexibility index (Phi) is 3.25. The molecule has 1 heterocycles. The number of hydrogen-bond donors (Lipinski definition) is 2. The van der Waals surface area contributed by atoms with Gasteiger partial charge in [0.05, 0.1) is 0 Å². The standard InChI is InChI=1S/C14H15ClN4/c15-11-3-1-2-9(6-11)8-17-13-7-12(16)18-14(19-13)10-4-5-10/h1-3,6-7,10H,4-5,8H2,(H3,16,17,18,19). The molecule has 3 N–H and O–H groups in total. The van der Waals surface area contributed by atoms with Crippen molar-refractivity contribution < 1.29 is 0 Å². The largest absolute Gasteiger partial charge is 0.384 e. The third-order valence-corrected chi connectivity index (χ3v) is 3.30. The Morgan fingerprint density at radius 1 is 1.26 bits per heavy atom. The van der Waals surface area contributed by atoms with Crippen LogP contribution in [0.15, 0.2) is 30.3 Å². The molecular weight excluding hydrogens is 260 g/mol. The Balaban J connectivity index is 1.72. The zero-order valence-corrected chi connectivity index (χ0v) is 11.2. The van der Waals surface area contributed by atoms with Crippen LogP contribution < -0.4 is 11.1 Å². The molecule has 0 saturated heterocycles. The highest BCUT2D eigenvalue weighted by molar-refractivity contribution is 6.30. The zero-order chi connectivity index (χ0) is 13.2. The minimum atomic E-state index is 0.496. The highest BCUT2D eigenvalue weighted by Crippen LogP contribution is 2.38. The molecule has 4 nitrogen and oxygen atoms in total. The number of nitrogens with zero attached hydrogens (tertiary/aromatic N) is 2. The molecule has 1 aromatic heterocycles. The molecule has 0 radical (unpaired) electrons. The van der Waals surface area contributed by atoms with Crippen molar-refractivity contribution in [2.45, 2.75) is 25.3 Å². The molecule has 1 aliphatic carbocycles. The number of nitrogens with two attached hydrogens (primary N) is 1. The molecule has 3 rings (SSSR count). The molecule has 0 atom stereocenters. The minimum Gasteiger partial charge on any atom is -0.384 e. The Morgan fingerprint density at radius 2 is 2.11 bits per heavy atom. The van der Waals surface area contributed by atoms with E-state index < -0.39 is 0 Å². The van der Waals surface area contributed by atoms with Gasteiger partial charge in [-0.05, 0) is 30.5 Å². The first-order chi connectivity index (χ1) is 9.20. The fraction of sp³-hybridized carbons (Fsp3) is 0.286. The number of anilines is 2. The lowest BCUT2D eigenvalue weighted by Gasteiger charge is -2.08. The second-order valence-corrected chi connectivity index (χ2v) is 5.23. The quantitative estimate of drug-likeness (QED) is 0.899. The predicted octanol–water partition coefficient (Wildman–Crippen LogP) is 3.20. The Morgan fingerprint density at radius 3 is 2.84 bits per heavy atom. The van der Waals surface area contributed by atoms with E-state index in [0.717, 1.165) is 35.1 Å². The third kappa shape index (κ3) is 3.15. The number of benzene rings is 1. The Bertz CT molecular complexity index is 596. The van der Waals surface area contributed by atoms with Crippen molar-refractivity contribution in [2.24, 2.45) is 0 Å². The summed E-state index contributed by atoms with van der Waals surface area (Å²) in [5.74, 6) is 2.64. The predicted molar refractivity (Wildman–Crippen MR) is 77.2 cm³/mol. The van der Waals surface area contributed by atoms with E-state index in [0.29, 0.717) is 18.3 Å². The lowest BCUT2D eigenvalue weighted by molar-refractivity contribution is 0.926. The molecule has 0 amide bonds. The van der Waals surface area contributed by atoms with Gasteiger partial charge in [-0.15, -0.1) is 0 Å². The first-order valence-electron chi connectivity index (χ1n) is 6.33. The average Bonchev–Trinajstić information content (AvgIpc) is 3.20. The molecule has 19 heavy (non-hydrogen) atoms. The Hall–Kier alpha value is -1.81. The summed E-state index contributed by atoms with van der Waals surface area (Å²) >= 11 is 5.95. The molecule has 1 saturated carbocycles. The van der Waals surface area contributed by atoms with Crippen LogP contribution in [0.1, 0.15) is 30.1 Å². The molecule has 5 heteroatoms. The van der Waals surface area contributed by atoms with Crippen LogP contribution in [0.25, 0.3) is 0 Å². The lowest BCUT2D eigenvalue weighted by atomic mass is 10.2. The van der Waals surface area contributed by atoms with Crippen LogP contribution in [0.5, 0.6) is 0 Å². The second kappa shape index (κ2) is 5.05. The first-order valence-corrected chi connectivity index (χ1v) is 6.71. The maximum absolute atomic E-state index is 5.95. The zero-order valence-electron chi connectivity index (χ0n) is 10.4. The van der Waals surface area contributed by atoms with Crippen molar-refractivity contribution in [3.8, 4) is 0 Å². The summed E-state index contributed by atoms with van der Waals surface area (Å²) in [4.78, 5) is 8.77. The topological polar surface area (TPSA) is 63.8 Å². The van der Waals surface area contributed by atoms with Gasteiger partial charge in [0.15, 0.2) is 0 Å². The van der Waals surface area contributed by atoms with Crippen molar-refractivity contribution in [1.82, 2.24) is 9.97 Å². The van der Waals surface area contributed by atoms with Crippen LogP contribution in [0.3, 0.4) is 0 Å². The molecule has 1 aliphatic rings. The van der Waals surface area contributed by atoms with Gasteiger partial charge in [0.25, 0.3) is 0 Å². The van der Waals surface area contributed by atoms with E-state index in [-0.39, 0.29) is 0 Å². The summed E-state index contributed by atoms with van der Waals surface area (Å²) in [6.07, 6.45) is 2.33. The molecule has 0 spiro atoms. The van der Waals surface area contributed by atoms with Crippen LogP contribution >= 0.6 is 11.6 Å². The van der Waals surface area contributed by atoms with Crippen molar-refractivity contribution in [3.05, 3.63) is 46.7 Å². The summed E-state index contributed by atoms with van der Waals surface area (Å²) in [7, 11) is 0. The van der Waals surface area contributed by atoms with Gasteiger partial charge < -0.3 is 11.1 Å². The SMILES string of the molecule is Nc1cc(NCc2cccc(Cl)c2)nc(C2CC2)n1. The highest BCUT2D eigenvalue weighted by atomic mass is 35.5. The van der Waals surface area contributed by atoms with Gasteiger partial charge in [0, 0.05) is 23.6 Å². The lowest BCUT2D eigenvalue weighted by Crippen LogP contribution is -2.06. The van der Waals surface area contributed by atoms with Crippen molar-refractivity contribution >= 4 is 23.2 Å². The summed E-state index contributed by atoms with van der Waals surface area (Å²) in [5.41, 5.74) is 6.91. The normalized spacial score (nSPS) is 14.4. The van der Waals surface area contributed by atoms with E-state index in [9.17, 15) is 0 Å². The van der Waals surface area contributed by atoms with Crippen molar-refractivity contribution in [2.75, 3.05) is 11.1 Å². The first kappa shape index (κ1) is 12.2. The van der Waals surface area contributed by atoms with Gasteiger partial charge in [-0.25, -0.2) is 9.97 Å². The minimum absolute atomic E-state index is 0.496. The van der Waals surface area contributed by atoms with Crippen molar-refractivity contribution in [1.29, 1.82) is 0 Å². The number of nitrogen functional groups attached to an aromatic ring is 1. The number of aromatic nitrogens is 2. The summed E-state index contributed by atoms with van der Waals surface area (Å²) in [6.45, 7) is 0.668. The molecule has 98 valence electrons. The molecule has 0 unspecified atom stereocenters. The molecule has 0 bridgehead atoms. The van der Waals surface area contributed by atoms with E-state index in [1.165, 1.54) is 0 Å². The van der Waals surface area contributed by atoms with Crippen LogP contribution in [-0.4, -0.2) is 9.97 Å². The molecular formula is C14H15ClN4. The fourth-order valence-corrected chi connectivity index (χ4v) is 2.15. The maximum Gasteiger partial charge on any atom is 0.136 e. The molecule has 0 aliphatic heterocycles. The third-order valence-electron chi connectivity index (χ3n) is 3.07. The molecule has 2 aromatic rings. The summed E-state index contributed by atoms with van der Waals surface area (Å²) in [5, 5.41) is 4.00. The average molecular weight is 275 g/mol. The van der Waals surface area contributed by atoms with Crippen LogP contribution in [0.4, 0.5) is 11.6 Å². The number of nitrogens with one attached hydrogen (secondary N) is 1. The van der Waals surface area contributed by atoms with Crippen LogP contribution in [0.2, 0.25) is 5.02 Å². The van der Waals surface area contributed by atoms with Gasteiger partial charge in [-0.2, -0.15) is 0 Å². The number of rotatable bonds is 4. The van der Waals surface area contributed by atoms with E-state index in [1.807, 2.05) is 24.3 Å². The molecule has 1 fully saturated rings. The van der Waals surface area contributed by atoms with Crippen LogP contribution in [-0.2, 0) is 6.54 Å². The van der Waals surface area contributed by atoms with Gasteiger partial charge >= 0.3 is 0 Å². The fourth-order valence-electron chi connectivity index (χ4n) is 1.94. The van der Waals surface area contributed by atoms with E-state index >= 15 is 0 Å². The number of hydrogen-bond acceptors (Lipinski definition) is 4. The maximum atomic E-state index is 5.95. The van der Waals surface area contributed by atoms with E-state index in [1.54, 1.807) is 6.07 Å². The van der Waals surface area contributed by atoms with Gasteiger partial charge in [-0.3, -0.25) is 0 Å². The van der Waals surface area contributed by atoms with Crippen molar-refractivity contribution in [3.63, 3.8) is 0 Å². The van der Waals surface area contributed by atoms with Crippen LogP contribution in [0, 0.1) is 0 Å². The monoisotopic (exact) mass is 274 g/mol. The Labute approximate surface area is 117 Å². The summed E-state index contributed by atoms with van der Waals surface area (Å²) in [6, 6.07) is 9.50. The summed E-state index contributed by atoms with van der Waals surface area (Å²) < 4.78 is 0. The smallest absolute Gasteiger partial charge is 0.136 e. The number of halogens is 1. The van der Waals surface area contributed by atoms with E-state index in [2.05, 4.69) is 15.3 Å². The van der Waals surface area contributed by atoms with E-state index in [4.69, 9.17) is 17.3 Å². The second-order valence-electron chi connectivity index (χ2n) is 4.79. The van der Waals surface area contributed by atoms with Gasteiger partial charge in [0.1, 0.15) is 17.5 Å².